The lowest BCUT2D eigenvalue weighted by Gasteiger charge is -2.40. The lowest BCUT2D eigenvalue weighted by Crippen LogP contribution is -2.51. The maximum Gasteiger partial charge on any atom is 0.226 e. The summed E-state index contributed by atoms with van der Waals surface area (Å²) >= 11 is 0. The van der Waals surface area contributed by atoms with Crippen LogP contribution in [0.1, 0.15) is 37.5 Å². The monoisotopic (exact) mass is 288 g/mol. The van der Waals surface area contributed by atoms with E-state index in [1.165, 1.54) is 25.7 Å². The van der Waals surface area contributed by atoms with Crippen molar-refractivity contribution in [2.75, 3.05) is 26.7 Å². The number of amides is 1. The first-order valence-electron chi connectivity index (χ1n) is 8.22. The first-order valence-corrected chi connectivity index (χ1v) is 8.22. The van der Waals surface area contributed by atoms with Gasteiger partial charge in [-0.1, -0.05) is 0 Å². The van der Waals surface area contributed by atoms with Crippen molar-refractivity contribution in [3.8, 4) is 0 Å². The number of aromatic nitrogens is 2. The van der Waals surface area contributed by atoms with Gasteiger partial charge in [-0.05, 0) is 44.6 Å². The number of H-pyrrole nitrogens is 1. The van der Waals surface area contributed by atoms with Gasteiger partial charge >= 0.3 is 0 Å². The Labute approximate surface area is 125 Å². The van der Waals surface area contributed by atoms with Crippen LogP contribution in [0, 0.1) is 17.8 Å². The highest BCUT2D eigenvalue weighted by Gasteiger charge is 2.47. The molecule has 3 aliphatic rings. The molecular weight excluding hydrogens is 264 g/mol. The molecule has 5 heteroatoms. The lowest BCUT2D eigenvalue weighted by atomic mass is 9.95. The molecule has 2 heterocycles. The fourth-order valence-electron chi connectivity index (χ4n) is 3.74. The predicted molar refractivity (Wildman–Crippen MR) is 79.5 cm³/mol. The van der Waals surface area contributed by atoms with E-state index >= 15 is 0 Å². The van der Waals surface area contributed by atoms with Gasteiger partial charge in [0.1, 0.15) is 5.82 Å². The molecule has 1 unspecified atom stereocenters. The Kier molecular flexibility index (Phi) is 3.25. The molecule has 1 saturated heterocycles. The Hall–Kier alpha value is -1.36. The SMILES string of the molecule is CN1CCN(C(=O)C(C2CC2)C2CC2)CC1c1ncc[nH]1. The zero-order valence-corrected chi connectivity index (χ0v) is 12.7. The van der Waals surface area contributed by atoms with E-state index in [4.69, 9.17) is 0 Å². The number of aromatic amines is 1. The van der Waals surface area contributed by atoms with Crippen LogP contribution >= 0.6 is 0 Å². The summed E-state index contributed by atoms with van der Waals surface area (Å²) in [6.07, 6.45) is 8.72. The molecule has 1 amide bonds. The second kappa shape index (κ2) is 5.13. The number of imidazole rings is 1. The molecule has 114 valence electrons. The Balaban J connectivity index is 1.48. The van der Waals surface area contributed by atoms with Crippen molar-refractivity contribution in [2.24, 2.45) is 17.8 Å². The summed E-state index contributed by atoms with van der Waals surface area (Å²) in [4.78, 5) is 25.0. The topological polar surface area (TPSA) is 52.2 Å². The average Bonchev–Trinajstić information content (AvgIpc) is 3.42. The standard InChI is InChI=1S/C16H24N4O/c1-19-8-9-20(10-13(19)15-17-6-7-18-15)16(21)14(11-2-3-11)12-4-5-12/h6-7,11-14H,2-5,8-10H2,1H3,(H,17,18). The summed E-state index contributed by atoms with van der Waals surface area (Å²) in [5.74, 6) is 3.10. The maximum absolute atomic E-state index is 13.0. The summed E-state index contributed by atoms with van der Waals surface area (Å²) in [6.45, 7) is 2.57. The van der Waals surface area contributed by atoms with Crippen LogP contribution in [0.15, 0.2) is 12.4 Å². The van der Waals surface area contributed by atoms with Crippen molar-refractivity contribution in [3.05, 3.63) is 18.2 Å². The van der Waals surface area contributed by atoms with Crippen LogP contribution in [0.5, 0.6) is 0 Å². The Morgan fingerprint density at radius 3 is 2.57 bits per heavy atom. The minimum atomic E-state index is 0.205. The number of piperazine rings is 1. The van der Waals surface area contributed by atoms with Gasteiger partial charge in [0.05, 0.1) is 6.04 Å². The molecule has 0 aromatic carbocycles. The predicted octanol–water partition coefficient (Wildman–Crippen LogP) is 1.66. The van der Waals surface area contributed by atoms with Gasteiger partial charge in [-0.15, -0.1) is 0 Å². The summed E-state index contributed by atoms with van der Waals surface area (Å²) in [6, 6.07) is 0.205. The third kappa shape index (κ3) is 2.59. The van der Waals surface area contributed by atoms with Gasteiger partial charge < -0.3 is 9.88 Å². The van der Waals surface area contributed by atoms with Gasteiger partial charge in [-0.3, -0.25) is 9.69 Å². The van der Waals surface area contributed by atoms with Gasteiger partial charge in [0.15, 0.2) is 0 Å². The second-order valence-corrected chi connectivity index (χ2v) is 6.96. The van der Waals surface area contributed by atoms with E-state index in [1.807, 2.05) is 6.20 Å². The van der Waals surface area contributed by atoms with E-state index in [0.717, 1.165) is 25.5 Å². The van der Waals surface area contributed by atoms with E-state index in [-0.39, 0.29) is 6.04 Å². The third-order valence-electron chi connectivity index (χ3n) is 5.34. The van der Waals surface area contributed by atoms with Gasteiger partial charge in [-0.25, -0.2) is 4.98 Å². The normalized spacial score (nSPS) is 27.3. The Morgan fingerprint density at radius 1 is 1.29 bits per heavy atom. The summed E-state index contributed by atoms with van der Waals surface area (Å²) in [7, 11) is 2.12. The minimum Gasteiger partial charge on any atom is -0.347 e. The molecule has 21 heavy (non-hydrogen) atoms. The molecular formula is C16H24N4O. The average molecular weight is 288 g/mol. The molecule has 1 aliphatic heterocycles. The van der Waals surface area contributed by atoms with Crippen LogP contribution < -0.4 is 0 Å². The second-order valence-electron chi connectivity index (χ2n) is 6.96. The van der Waals surface area contributed by atoms with Crippen molar-refractivity contribution in [1.29, 1.82) is 0 Å². The lowest BCUT2D eigenvalue weighted by molar-refractivity contribution is -0.140. The van der Waals surface area contributed by atoms with E-state index in [1.54, 1.807) is 6.20 Å². The fraction of sp³-hybridized carbons (Fsp3) is 0.750. The van der Waals surface area contributed by atoms with Crippen molar-refractivity contribution in [3.63, 3.8) is 0 Å². The van der Waals surface area contributed by atoms with Crippen LogP contribution in [-0.4, -0.2) is 52.4 Å². The summed E-state index contributed by atoms with van der Waals surface area (Å²) in [5.41, 5.74) is 0. The molecule has 3 fully saturated rings. The molecule has 0 bridgehead atoms. The largest absolute Gasteiger partial charge is 0.347 e. The molecule has 1 aromatic rings. The van der Waals surface area contributed by atoms with Crippen LogP contribution in [0.25, 0.3) is 0 Å². The first-order chi connectivity index (χ1) is 10.2. The summed E-state index contributed by atoms with van der Waals surface area (Å²) in [5, 5.41) is 0. The van der Waals surface area contributed by atoms with Crippen molar-refractivity contribution in [1.82, 2.24) is 19.8 Å². The zero-order valence-electron chi connectivity index (χ0n) is 12.7. The van der Waals surface area contributed by atoms with Gasteiger partial charge in [-0.2, -0.15) is 0 Å². The third-order valence-corrected chi connectivity index (χ3v) is 5.34. The molecule has 2 aliphatic carbocycles. The van der Waals surface area contributed by atoms with Crippen molar-refractivity contribution in [2.45, 2.75) is 31.7 Å². The highest BCUT2D eigenvalue weighted by Crippen LogP contribution is 2.50. The number of hydrogen-bond donors (Lipinski definition) is 1. The molecule has 2 saturated carbocycles. The first kappa shape index (κ1) is 13.3. The molecule has 5 nitrogen and oxygen atoms in total. The number of nitrogens with zero attached hydrogens (tertiary/aromatic N) is 3. The molecule has 1 atom stereocenters. The highest BCUT2D eigenvalue weighted by molar-refractivity contribution is 5.80. The number of rotatable bonds is 4. The molecule has 0 radical (unpaired) electrons. The molecule has 4 rings (SSSR count). The number of carbonyl (C=O) groups excluding carboxylic acids is 1. The summed E-state index contributed by atoms with van der Waals surface area (Å²) < 4.78 is 0. The minimum absolute atomic E-state index is 0.205. The van der Waals surface area contributed by atoms with Crippen LogP contribution in [0.2, 0.25) is 0 Å². The van der Waals surface area contributed by atoms with Crippen LogP contribution in [0.3, 0.4) is 0 Å². The maximum atomic E-state index is 13.0. The smallest absolute Gasteiger partial charge is 0.226 e. The zero-order chi connectivity index (χ0) is 14.4. The Morgan fingerprint density at radius 2 is 2.00 bits per heavy atom. The van der Waals surface area contributed by atoms with Gasteiger partial charge in [0.25, 0.3) is 0 Å². The van der Waals surface area contributed by atoms with Gasteiger partial charge in [0, 0.05) is 37.9 Å². The van der Waals surface area contributed by atoms with Crippen molar-refractivity contribution >= 4 is 5.91 Å². The number of carbonyl (C=O) groups is 1. The number of likely N-dealkylation sites (N-methyl/N-ethyl adjacent to an activating group) is 1. The molecule has 1 N–H and O–H groups in total. The molecule has 1 aromatic heterocycles. The van der Waals surface area contributed by atoms with E-state index in [0.29, 0.717) is 23.7 Å². The fourth-order valence-corrected chi connectivity index (χ4v) is 3.74. The van der Waals surface area contributed by atoms with Crippen LogP contribution in [-0.2, 0) is 4.79 Å². The Bertz CT molecular complexity index is 494. The quantitative estimate of drug-likeness (QED) is 0.917. The highest BCUT2D eigenvalue weighted by atomic mass is 16.2. The van der Waals surface area contributed by atoms with Gasteiger partial charge in [0.2, 0.25) is 5.91 Å². The number of hydrogen-bond acceptors (Lipinski definition) is 3. The number of nitrogens with one attached hydrogen (secondary N) is 1. The van der Waals surface area contributed by atoms with E-state index in [2.05, 4.69) is 26.8 Å². The van der Waals surface area contributed by atoms with E-state index in [9.17, 15) is 4.79 Å². The van der Waals surface area contributed by atoms with Crippen LogP contribution in [0.4, 0.5) is 0 Å². The van der Waals surface area contributed by atoms with Crippen molar-refractivity contribution < 1.29 is 4.79 Å². The van der Waals surface area contributed by atoms with E-state index < -0.39 is 0 Å². The molecule has 0 spiro atoms.